The molecule has 0 radical (unpaired) electrons. The van der Waals surface area contributed by atoms with E-state index in [1.165, 1.54) is 0 Å². The van der Waals surface area contributed by atoms with Crippen LogP contribution in [0.5, 0.6) is 0 Å². The topological polar surface area (TPSA) is 99.4 Å². The summed E-state index contributed by atoms with van der Waals surface area (Å²) in [5.41, 5.74) is 0. The van der Waals surface area contributed by atoms with Crippen molar-refractivity contribution in [3.05, 3.63) is 0 Å². The van der Waals surface area contributed by atoms with Crippen LogP contribution in [0.4, 0.5) is 0 Å². The molecule has 0 bridgehead atoms. The molecule has 5 atom stereocenters. The van der Waals surface area contributed by atoms with E-state index in [2.05, 4.69) is 0 Å². The molecule has 0 aliphatic carbocycles. The maximum atomic E-state index is 9.56. The fourth-order valence-electron chi connectivity index (χ4n) is 1.51. The lowest BCUT2D eigenvalue weighted by Gasteiger charge is -2.38. The van der Waals surface area contributed by atoms with Gasteiger partial charge in [-0.3, -0.25) is 0 Å². The van der Waals surface area contributed by atoms with E-state index in [4.69, 9.17) is 9.47 Å². The number of aliphatic hydroxyl groups excluding tert-OH is 4. The maximum Gasteiger partial charge on any atom is 0.184 e. The summed E-state index contributed by atoms with van der Waals surface area (Å²) in [7, 11) is 0. The van der Waals surface area contributed by atoms with E-state index < -0.39 is 30.7 Å². The molecule has 16 heavy (non-hydrogen) atoms. The molecule has 0 unspecified atom stereocenters. The van der Waals surface area contributed by atoms with Gasteiger partial charge in [0.25, 0.3) is 0 Å². The second-order valence-electron chi connectivity index (χ2n) is 3.97. The molecule has 0 saturated carbocycles. The first kappa shape index (κ1) is 13.8. The van der Waals surface area contributed by atoms with Crippen molar-refractivity contribution in [2.75, 3.05) is 13.2 Å². The number of hydrogen-bond donors (Lipinski definition) is 4. The molecule has 1 aliphatic heterocycles. The molecule has 0 aromatic carbocycles. The third-order valence-corrected chi connectivity index (χ3v) is 2.61. The summed E-state index contributed by atoms with van der Waals surface area (Å²) < 4.78 is 10.2. The van der Waals surface area contributed by atoms with Crippen molar-refractivity contribution in [3.8, 4) is 0 Å². The zero-order valence-corrected chi connectivity index (χ0v) is 9.32. The summed E-state index contributed by atoms with van der Waals surface area (Å²) in [6, 6.07) is 0. The molecule has 1 heterocycles. The van der Waals surface area contributed by atoms with Gasteiger partial charge in [0.15, 0.2) is 6.29 Å². The van der Waals surface area contributed by atoms with Gasteiger partial charge in [-0.15, -0.1) is 0 Å². The molecule has 1 rings (SSSR count). The SMILES string of the molecule is CCCCOC[C@H]1O[C@H](O)[C@H](O)[C@@H](O)[C@@H]1O. The quantitative estimate of drug-likeness (QED) is 0.438. The molecule has 0 aromatic rings. The highest BCUT2D eigenvalue weighted by Crippen LogP contribution is 2.19. The van der Waals surface area contributed by atoms with E-state index >= 15 is 0 Å². The monoisotopic (exact) mass is 236 g/mol. The molecule has 96 valence electrons. The summed E-state index contributed by atoms with van der Waals surface area (Å²) in [5, 5.41) is 37.4. The molecule has 0 amide bonds. The Balaban J connectivity index is 2.35. The second kappa shape index (κ2) is 6.48. The fraction of sp³-hybridized carbons (Fsp3) is 1.00. The molecule has 0 aromatic heterocycles. The predicted octanol–water partition coefficient (Wildman–Crippen LogP) is -1.40. The van der Waals surface area contributed by atoms with Gasteiger partial charge in [0, 0.05) is 6.61 Å². The van der Waals surface area contributed by atoms with E-state index in [0.29, 0.717) is 6.61 Å². The lowest BCUT2D eigenvalue weighted by molar-refractivity contribution is -0.288. The van der Waals surface area contributed by atoms with Gasteiger partial charge >= 0.3 is 0 Å². The van der Waals surface area contributed by atoms with Crippen molar-refractivity contribution in [1.82, 2.24) is 0 Å². The van der Waals surface area contributed by atoms with Gasteiger partial charge in [0.05, 0.1) is 6.61 Å². The number of ether oxygens (including phenoxy) is 2. The molecule has 6 heteroatoms. The Bertz CT molecular complexity index is 200. The zero-order valence-electron chi connectivity index (χ0n) is 9.32. The minimum atomic E-state index is -1.49. The number of aliphatic hydroxyl groups is 4. The van der Waals surface area contributed by atoms with Crippen LogP contribution in [-0.2, 0) is 9.47 Å². The summed E-state index contributed by atoms with van der Waals surface area (Å²) >= 11 is 0. The van der Waals surface area contributed by atoms with Gasteiger partial charge in [-0.2, -0.15) is 0 Å². The van der Waals surface area contributed by atoms with E-state index in [0.717, 1.165) is 12.8 Å². The molecular formula is C10H20O6. The first-order valence-corrected chi connectivity index (χ1v) is 5.53. The lowest BCUT2D eigenvalue weighted by Crippen LogP contribution is -2.58. The van der Waals surface area contributed by atoms with Gasteiger partial charge in [0.2, 0.25) is 0 Å². The van der Waals surface area contributed by atoms with Crippen LogP contribution in [0.1, 0.15) is 19.8 Å². The average molecular weight is 236 g/mol. The predicted molar refractivity (Wildman–Crippen MR) is 54.6 cm³/mol. The summed E-state index contributed by atoms with van der Waals surface area (Å²) in [6.07, 6.45) is -4.55. The minimum Gasteiger partial charge on any atom is -0.387 e. The van der Waals surface area contributed by atoms with Gasteiger partial charge in [-0.25, -0.2) is 0 Å². The Morgan fingerprint density at radius 1 is 1.06 bits per heavy atom. The number of rotatable bonds is 5. The normalized spacial score (nSPS) is 39.9. The fourth-order valence-corrected chi connectivity index (χ4v) is 1.51. The molecule has 0 spiro atoms. The van der Waals surface area contributed by atoms with Crippen LogP contribution in [0.15, 0.2) is 0 Å². The molecule has 4 N–H and O–H groups in total. The van der Waals surface area contributed by atoms with Gasteiger partial charge in [0.1, 0.15) is 24.4 Å². The molecular weight excluding hydrogens is 216 g/mol. The number of hydrogen-bond acceptors (Lipinski definition) is 6. The zero-order chi connectivity index (χ0) is 12.1. The van der Waals surface area contributed by atoms with Crippen molar-refractivity contribution in [1.29, 1.82) is 0 Å². The minimum absolute atomic E-state index is 0.0853. The van der Waals surface area contributed by atoms with Gasteiger partial charge < -0.3 is 29.9 Å². The van der Waals surface area contributed by atoms with Crippen molar-refractivity contribution in [2.45, 2.75) is 50.5 Å². The van der Waals surface area contributed by atoms with Crippen LogP contribution < -0.4 is 0 Å². The lowest BCUT2D eigenvalue weighted by atomic mass is 9.99. The number of unbranched alkanes of at least 4 members (excludes halogenated alkanes) is 1. The van der Waals surface area contributed by atoms with Gasteiger partial charge in [-0.05, 0) is 6.42 Å². The standard InChI is InChI=1S/C10H20O6/c1-2-3-4-15-5-6-7(11)8(12)9(13)10(14)16-6/h6-14H,2-5H2,1H3/t6-,7-,8+,9-,10+/m1/s1. The third kappa shape index (κ3) is 3.38. The van der Waals surface area contributed by atoms with Crippen LogP contribution in [-0.4, -0.2) is 64.3 Å². The summed E-state index contributed by atoms with van der Waals surface area (Å²) in [6.45, 7) is 2.65. The van der Waals surface area contributed by atoms with Crippen LogP contribution in [0.25, 0.3) is 0 Å². The van der Waals surface area contributed by atoms with Crippen molar-refractivity contribution < 1.29 is 29.9 Å². The molecule has 6 nitrogen and oxygen atoms in total. The molecule has 1 saturated heterocycles. The average Bonchev–Trinajstić information content (AvgIpc) is 2.28. The van der Waals surface area contributed by atoms with E-state index in [1.54, 1.807) is 0 Å². The van der Waals surface area contributed by atoms with Crippen LogP contribution >= 0.6 is 0 Å². The third-order valence-electron chi connectivity index (χ3n) is 2.61. The highest BCUT2D eigenvalue weighted by atomic mass is 16.6. The Kier molecular flexibility index (Phi) is 5.60. The Morgan fingerprint density at radius 2 is 1.75 bits per heavy atom. The largest absolute Gasteiger partial charge is 0.387 e. The Labute approximate surface area is 94.4 Å². The van der Waals surface area contributed by atoms with E-state index in [9.17, 15) is 20.4 Å². The summed E-state index contributed by atoms with van der Waals surface area (Å²) in [5.74, 6) is 0. The van der Waals surface area contributed by atoms with Crippen LogP contribution in [0.2, 0.25) is 0 Å². The first-order valence-electron chi connectivity index (χ1n) is 5.53. The van der Waals surface area contributed by atoms with Crippen molar-refractivity contribution >= 4 is 0 Å². The Hall–Kier alpha value is -0.240. The Morgan fingerprint density at radius 3 is 2.38 bits per heavy atom. The van der Waals surface area contributed by atoms with Crippen LogP contribution in [0.3, 0.4) is 0 Å². The van der Waals surface area contributed by atoms with Crippen molar-refractivity contribution in [2.24, 2.45) is 0 Å². The molecule has 1 fully saturated rings. The van der Waals surface area contributed by atoms with E-state index in [1.807, 2.05) is 6.92 Å². The van der Waals surface area contributed by atoms with E-state index in [-0.39, 0.29) is 6.61 Å². The maximum absolute atomic E-state index is 9.56. The highest BCUT2D eigenvalue weighted by molar-refractivity contribution is 4.88. The van der Waals surface area contributed by atoms with Crippen molar-refractivity contribution in [3.63, 3.8) is 0 Å². The molecule has 1 aliphatic rings. The van der Waals surface area contributed by atoms with Crippen LogP contribution in [0, 0.1) is 0 Å². The highest BCUT2D eigenvalue weighted by Gasteiger charge is 2.42. The second-order valence-corrected chi connectivity index (χ2v) is 3.97. The smallest absolute Gasteiger partial charge is 0.184 e. The van der Waals surface area contributed by atoms with Gasteiger partial charge in [-0.1, -0.05) is 13.3 Å². The first-order chi connectivity index (χ1) is 7.57. The summed E-state index contributed by atoms with van der Waals surface area (Å²) in [4.78, 5) is 0.